The van der Waals surface area contributed by atoms with Crippen LogP contribution in [0.2, 0.25) is 0 Å². The lowest BCUT2D eigenvalue weighted by atomic mass is 10.2. The van der Waals surface area contributed by atoms with Crippen LogP contribution in [0.25, 0.3) is 0 Å². The van der Waals surface area contributed by atoms with Gasteiger partial charge in [-0.2, -0.15) is 5.10 Å². The van der Waals surface area contributed by atoms with Crippen LogP contribution in [0.1, 0.15) is 18.9 Å². The summed E-state index contributed by atoms with van der Waals surface area (Å²) in [4.78, 5) is 35.5. The third-order valence-electron chi connectivity index (χ3n) is 3.97. The maximum Gasteiger partial charge on any atom is 0.344 e. The van der Waals surface area contributed by atoms with Crippen LogP contribution in [0, 0.1) is 0 Å². The molecule has 2 aromatic rings. The molecule has 11 heteroatoms. The highest BCUT2D eigenvalue weighted by atomic mass is 79.9. The summed E-state index contributed by atoms with van der Waals surface area (Å²) in [6.45, 7) is 1.68. The first kappa shape index (κ1) is 25.7. The monoisotopic (exact) mass is 521 g/mol. The Labute approximate surface area is 199 Å². The van der Waals surface area contributed by atoms with Gasteiger partial charge in [0.25, 0.3) is 0 Å². The number of anilines is 1. The van der Waals surface area contributed by atoms with Gasteiger partial charge >= 0.3 is 5.97 Å². The van der Waals surface area contributed by atoms with E-state index in [-0.39, 0.29) is 13.2 Å². The summed E-state index contributed by atoms with van der Waals surface area (Å²) in [5, 5.41) is 6.47. The summed E-state index contributed by atoms with van der Waals surface area (Å²) in [5.41, 5.74) is 3.38. The van der Waals surface area contributed by atoms with Crippen LogP contribution in [-0.4, -0.2) is 51.4 Å². The van der Waals surface area contributed by atoms with Crippen molar-refractivity contribution in [1.82, 2.24) is 5.43 Å². The molecule has 0 saturated heterocycles. The third kappa shape index (κ3) is 8.45. The number of methoxy groups -OCH3 is 2. The van der Waals surface area contributed by atoms with Crippen molar-refractivity contribution in [2.24, 2.45) is 5.10 Å². The van der Waals surface area contributed by atoms with Gasteiger partial charge in [-0.1, -0.05) is 6.07 Å². The number of esters is 1. The first-order chi connectivity index (χ1) is 15.9. The summed E-state index contributed by atoms with van der Waals surface area (Å²) in [5.74, 6) is -0.341. The number of halogens is 1. The normalized spacial score (nSPS) is 10.4. The standard InChI is InChI=1S/C22H24BrN3O7/c1-4-32-21(29)13-33-22-17(23)8-14(9-18(22)31-3)12-24-26-20(28)11-19(27)25-15-6-5-7-16(10-15)30-2/h5-10,12H,4,11,13H2,1-3H3,(H,25,27)(H,26,28). The molecule has 0 heterocycles. The number of hydrogen-bond donors (Lipinski definition) is 2. The van der Waals surface area contributed by atoms with E-state index in [0.29, 0.717) is 33.0 Å². The molecule has 0 aliphatic carbocycles. The van der Waals surface area contributed by atoms with Crippen molar-refractivity contribution in [1.29, 1.82) is 0 Å². The van der Waals surface area contributed by atoms with Gasteiger partial charge < -0.3 is 24.3 Å². The highest BCUT2D eigenvalue weighted by Gasteiger charge is 2.14. The average Bonchev–Trinajstić information content (AvgIpc) is 2.78. The van der Waals surface area contributed by atoms with E-state index in [1.165, 1.54) is 20.4 Å². The first-order valence-electron chi connectivity index (χ1n) is 9.78. The maximum atomic E-state index is 12.0. The number of carbonyl (C=O) groups is 3. The van der Waals surface area contributed by atoms with Crippen LogP contribution < -0.4 is 25.0 Å². The fourth-order valence-electron chi connectivity index (χ4n) is 2.56. The highest BCUT2D eigenvalue weighted by Crippen LogP contribution is 2.36. The number of ether oxygens (including phenoxy) is 4. The highest BCUT2D eigenvalue weighted by molar-refractivity contribution is 9.10. The second-order valence-electron chi connectivity index (χ2n) is 6.38. The van der Waals surface area contributed by atoms with E-state index in [4.69, 9.17) is 18.9 Å². The zero-order chi connectivity index (χ0) is 24.2. The number of nitrogens with one attached hydrogen (secondary N) is 2. The van der Waals surface area contributed by atoms with Gasteiger partial charge in [0, 0.05) is 11.8 Å². The summed E-state index contributed by atoms with van der Waals surface area (Å²) < 4.78 is 21.2. The van der Waals surface area contributed by atoms with E-state index in [2.05, 4.69) is 31.8 Å². The van der Waals surface area contributed by atoms with Gasteiger partial charge in [0.1, 0.15) is 12.2 Å². The van der Waals surface area contributed by atoms with Gasteiger partial charge in [-0.25, -0.2) is 10.2 Å². The van der Waals surface area contributed by atoms with E-state index < -0.39 is 24.2 Å². The fraction of sp³-hybridized carbons (Fsp3) is 0.273. The smallest absolute Gasteiger partial charge is 0.344 e. The minimum absolute atomic E-state index is 0.254. The average molecular weight is 522 g/mol. The number of carbonyl (C=O) groups excluding carboxylic acids is 3. The molecule has 0 unspecified atom stereocenters. The number of amides is 2. The van der Waals surface area contributed by atoms with E-state index in [0.717, 1.165) is 0 Å². The minimum Gasteiger partial charge on any atom is -0.497 e. The molecule has 0 fully saturated rings. The molecule has 176 valence electrons. The topological polar surface area (TPSA) is 125 Å². The Morgan fingerprint density at radius 2 is 1.88 bits per heavy atom. The second-order valence-corrected chi connectivity index (χ2v) is 7.23. The quantitative estimate of drug-likeness (QED) is 0.201. The maximum absolute atomic E-state index is 12.0. The number of hydrogen-bond acceptors (Lipinski definition) is 8. The second kappa shape index (κ2) is 13.1. The van der Waals surface area contributed by atoms with Crippen LogP contribution >= 0.6 is 15.9 Å². The fourth-order valence-corrected chi connectivity index (χ4v) is 3.13. The SMILES string of the molecule is CCOC(=O)COc1c(Br)cc(C=NNC(=O)CC(=O)Nc2cccc(OC)c2)cc1OC. The van der Waals surface area contributed by atoms with Crippen LogP contribution in [0.3, 0.4) is 0 Å². The first-order valence-corrected chi connectivity index (χ1v) is 10.6. The van der Waals surface area contributed by atoms with Crippen molar-refractivity contribution in [2.45, 2.75) is 13.3 Å². The van der Waals surface area contributed by atoms with Crippen LogP contribution in [-0.2, 0) is 19.1 Å². The number of nitrogens with zero attached hydrogens (tertiary/aromatic N) is 1. The number of hydrazone groups is 1. The van der Waals surface area contributed by atoms with Gasteiger partial charge in [0.05, 0.1) is 31.5 Å². The van der Waals surface area contributed by atoms with E-state index in [9.17, 15) is 14.4 Å². The van der Waals surface area contributed by atoms with E-state index in [1.807, 2.05) is 0 Å². The number of benzene rings is 2. The zero-order valence-electron chi connectivity index (χ0n) is 18.3. The summed E-state index contributed by atoms with van der Waals surface area (Å²) in [6, 6.07) is 10.0. The van der Waals surface area contributed by atoms with Gasteiger partial charge in [-0.3, -0.25) is 9.59 Å². The summed E-state index contributed by atoms with van der Waals surface area (Å²) >= 11 is 3.36. The molecule has 0 aliphatic rings. The Kier molecular flexibility index (Phi) is 10.2. The predicted octanol–water partition coefficient (Wildman–Crippen LogP) is 2.89. The largest absolute Gasteiger partial charge is 0.497 e. The lowest BCUT2D eigenvalue weighted by Gasteiger charge is -2.13. The zero-order valence-corrected chi connectivity index (χ0v) is 19.9. The van der Waals surface area contributed by atoms with Crippen LogP contribution in [0.4, 0.5) is 5.69 Å². The molecule has 0 atom stereocenters. The van der Waals surface area contributed by atoms with E-state index in [1.54, 1.807) is 43.3 Å². The molecule has 2 aromatic carbocycles. The summed E-state index contributed by atoms with van der Waals surface area (Å²) in [6.07, 6.45) is 0.961. The molecule has 2 N–H and O–H groups in total. The van der Waals surface area contributed by atoms with Crippen molar-refractivity contribution in [3.63, 3.8) is 0 Å². The third-order valence-corrected chi connectivity index (χ3v) is 4.56. The Balaban J connectivity index is 1.92. The molecular formula is C22H24BrN3O7. The van der Waals surface area contributed by atoms with Crippen molar-refractivity contribution < 1.29 is 33.3 Å². The van der Waals surface area contributed by atoms with Crippen molar-refractivity contribution in [2.75, 3.05) is 32.8 Å². The summed E-state index contributed by atoms with van der Waals surface area (Å²) in [7, 11) is 2.97. The molecule has 2 amide bonds. The molecule has 33 heavy (non-hydrogen) atoms. The Morgan fingerprint density at radius 1 is 1.09 bits per heavy atom. The Hall–Kier alpha value is -3.60. The van der Waals surface area contributed by atoms with Crippen LogP contribution in [0.15, 0.2) is 46.0 Å². The molecule has 10 nitrogen and oxygen atoms in total. The molecule has 0 spiro atoms. The van der Waals surface area contributed by atoms with Gasteiger partial charge in [-0.15, -0.1) is 0 Å². The van der Waals surface area contributed by atoms with Crippen molar-refractivity contribution in [3.05, 3.63) is 46.4 Å². The van der Waals surface area contributed by atoms with Gasteiger partial charge in [-0.05, 0) is 52.7 Å². The number of rotatable bonds is 11. The van der Waals surface area contributed by atoms with Gasteiger partial charge in [0.2, 0.25) is 11.8 Å². The molecule has 0 aromatic heterocycles. The Bertz CT molecular complexity index is 1030. The van der Waals surface area contributed by atoms with Gasteiger partial charge in [0.15, 0.2) is 18.1 Å². The van der Waals surface area contributed by atoms with Crippen molar-refractivity contribution in [3.8, 4) is 17.2 Å². The van der Waals surface area contributed by atoms with E-state index >= 15 is 0 Å². The molecule has 2 rings (SSSR count). The minimum atomic E-state index is -0.591. The Morgan fingerprint density at radius 3 is 2.58 bits per heavy atom. The molecular weight excluding hydrogens is 498 g/mol. The molecule has 0 bridgehead atoms. The molecule has 0 saturated carbocycles. The van der Waals surface area contributed by atoms with Crippen molar-refractivity contribution >= 4 is 45.6 Å². The molecule has 0 aliphatic heterocycles. The lowest BCUT2D eigenvalue weighted by molar-refractivity contribution is -0.145. The lowest BCUT2D eigenvalue weighted by Crippen LogP contribution is -2.24. The predicted molar refractivity (Wildman–Crippen MR) is 125 cm³/mol. The molecule has 0 radical (unpaired) electrons. The van der Waals surface area contributed by atoms with Crippen LogP contribution in [0.5, 0.6) is 17.2 Å².